The van der Waals surface area contributed by atoms with Gasteiger partial charge < -0.3 is 8.98 Å². The topological polar surface area (TPSA) is 60.9 Å². The molecule has 1 aromatic carbocycles. The van der Waals surface area contributed by atoms with Crippen LogP contribution in [0.15, 0.2) is 75.8 Å². The molecule has 0 spiro atoms. The molecule has 116 valence electrons. The van der Waals surface area contributed by atoms with Gasteiger partial charge in [0.1, 0.15) is 0 Å². The van der Waals surface area contributed by atoms with E-state index < -0.39 is 0 Å². The van der Waals surface area contributed by atoms with Gasteiger partial charge in [-0.15, -0.1) is 16.8 Å². The van der Waals surface area contributed by atoms with Gasteiger partial charge in [0.2, 0.25) is 5.89 Å². The van der Waals surface area contributed by atoms with Crippen molar-refractivity contribution in [2.24, 2.45) is 0 Å². The van der Waals surface area contributed by atoms with Gasteiger partial charge in [-0.1, -0.05) is 48.2 Å². The lowest BCUT2D eigenvalue weighted by atomic mass is 10.2. The Labute approximate surface area is 137 Å². The summed E-state index contributed by atoms with van der Waals surface area (Å²) in [6.45, 7) is 4.15. The molecule has 0 unspecified atom stereocenters. The molecule has 0 saturated carbocycles. The molecule has 3 aromatic rings. The highest BCUT2D eigenvalue weighted by Crippen LogP contribution is 2.22. The Kier molecular flexibility index (Phi) is 4.73. The van der Waals surface area contributed by atoms with Gasteiger partial charge in [-0.25, -0.2) is 0 Å². The molecule has 0 atom stereocenters. The predicted molar refractivity (Wildman–Crippen MR) is 90.5 cm³/mol. The van der Waals surface area contributed by atoms with E-state index in [1.54, 1.807) is 22.9 Å². The van der Waals surface area contributed by atoms with Crippen molar-refractivity contribution in [2.45, 2.75) is 11.8 Å². The van der Waals surface area contributed by atoms with Gasteiger partial charge in [-0.3, -0.25) is 4.79 Å². The van der Waals surface area contributed by atoms with Gasteiger partial charge in [0.15, 0.2) is 0 Å². The van der Waals surface area contributed by atoms with Gasteiger partial charge in [-0.05, 0) is 11.6 Å². The van der Waals surface area contributed by atoms with Crippen LogP contribution in [0.2, 0.25) is 0 Å². The number of hydrogen-bond acceptors (Lipinski definition) is 5. The number of aromatic nitrogens is 3. The van der Waals surface area contributed by atoms with E-state index in [2.05, 4.69) is 16.8 Å². The first-order chi connectivity index (χ1) is 11.3. The fourth-order valence-electron chi connectivity index (χ4n) is 2.08. The minimum absolute atomic E-state index is 0.0709. The summed E-state index contributed by atoms with van der Waals surface area (Å²) in [5.41, 5.74) is 1.70. The number of thioether (sulfide) groups is 1. The molecule has 0 radical (unpaired) electrons. The highest BCUT2D eigenvalue weighted by molar-refractivity contribution is 7.99. The molecule has 0 aliphatic carbocycles. The molecule has 0 N–H and O–H groups in total. The maximum Gasteiger partial charge on any atom is 0.277 e. The van der Waals surface area contributed by atoms with E-state index in [9.17, 15) is 4.79 Å². The summed E-state index contributed by atoms with van der Waals surface area (Å²) in [6.07, 6.45) is 3.51. The zero-order chi connectivity index (χ0) is 16.1. The Hall–Kier alpha value is -2.60. The SMILES string of the molecule is C=CCSc1nnc(-c2ccc(=O)n(Cc3ccccc3)c2)o1. The Morgan fingerprint density at radius 1 is 1.17 bits per heavy atom. The molecule has 0 saturated heterocycles. The molecule has 0 fully saturated rings. The van der Waals surface area contributed by atoms with Crippen LogP contribution in [-0.2, 0) is 6.54 Å². The molecule has 5 nitrogen and oxygen atoms in total. The molecule has 2 aromatic heterocycles. The van der Waals surface area contributed by atoms with Gasteiger partial charge in [-0.2, -0.15) is 0 Å². The van der Waals surface area contributed by atoms with Crippen LogP contribution in [-0.4, -0.2) is 20.5 Å². The highest BCUT2D eigenvalue weighted by Gasteiger charge is 2.10. The molecule has 3 rings (SSSR count). The number of pyridine rings is 1. The zero-order valence-electron chi connectivity index (χ0n) is 12.4. The lowest BCUT2D eigenvalue weighted by Gasteiger charge is -2.06. The molecule has 0 bridgehead atoms. The lowest BCUT2D eigenvalue weighted by Crippen LogP contribution is -2.19. The van der Waals surface area contributed by atoms with E-state index in [0.717, 1.165) is 11.1 Å². The summed E-state index contributed by atoms with van der Waals surface area (Å²) in [5.74, 6) is 1.10. The lowest BCUT2D eigenvalue weighted by molar-refractivity contribution is 0.465. The molecular formula is C17H15N3O2S. The second-order valence-electron chi connectivity index (χ2n) is 4.84. The Morgan fingerprint density at radius 3 is 2.78 bits per heavy atom. The minimum atomic E-state index is -0.0709. The average molecular weight is 325 g/mol. The van der Waals surface area contributed by atoms with E-state index in [4.69, 9.17) is 4.42 Å². The smallest absolute Gasteiger partial charge is 0.277 e. The van der Waals surface area contributed by atoms with Crippen LogP contribution in [0.5, 0.6) is 0 Å². The molecule has 2 heterocycles. The largest absolute Gasteiger partial charge is 0.411 e. The monoisotopic (exact) mass is 325 g/mol. The third-order valence-corrected chi connectivity index (χ3v) is 3.97. The van der Waals surface area contributed by atoms with E-state index >= 15 is 0 Å². The van der Waals surface area contributed by atoms with E-state index in [1.807, 2.05) is 30.3 Å². The minimum Gasteiger partial charge on any atom is -0.411 e. The van der Waals surface area contributed by atoms with Crippen LogP contribution >= 0.6 is 11.8 Å². The number of nitrogens with zero attached hydrogens (tertiary/aromatic N) is 3. The van der Waals surface area contributed by atoms with E-state index in [1.165, 1.54) is 17.8 Å². The van der Waals surface area contributed by atoms with Crippen molar-refractivity contribution in [2.75, 3.05) is 5.75 Å². The van der Waals surface area contributed by atoms with Gasteiger partial charge >= 0.3 is 0 Å². The molecule has 23 heavy (non-hydrogen) atoms. The van der Waals surface area contributed by atoms with Crippen LogP contribution in [0.4, 0.5) is 0 Å². The van der Waals surface area contributed by atoms with E-state index in [0.29, 0.717) is 23.4 Å². The first kappa shape index (κ1) is 15.3. The first-order valence-corrected chi connectivity index (χ1v) is 8.07. The van der Waals surface area contributed by atoms with Crippen molar-refractivity contribution in [3.8, 4) is 11.5 Å². The second kappa shape index (κ2) is 7.11. The summed E-state index contributed by atoms with van der Waals surface area (Å²) in [5, 5.41) is 8.49. The summed E-state index contributed by atoms with van der Waals surface area (Å²) < 4.78 is 7.22. The van der Waals surface area contributed by atoms with Crippen LogP contribution in [0.25, 0.3) is 11.5 Å². The van der Waals surface area contributed by atoms with Gasteiger partial charge in [0.05, 0.1) is 12.1 Å². The molecular weight excluding hydrogens is 310 g/mol. The van der Waals surface area contributed by atoms with E-state index in [-0.39, 0.29) is 5.56 Å². The van der Waals surface area contributed by atoms with Crippen LogP contribution in [0, 0.1) is 0 Å². The summed E-state index contributed by atoms with van der Waals surface area (Å²) >= 11 is 1.42. The number of benzene rings is 1. The van der Waals surface area contributed by atoms with Crippen molar-refractivity contribution in [1.29, 1.82) is 0 Å². The number of hydrogen-bond donors (Lipinski definition) is 0. The number of rotatable bonds is 6. The molecule has 0 aliphatic rings. The quantitative estimate of drug-likeness (QED) is 0.514. The third kappa shape index (κ3) is 3.78. The van der Waals surface area contributed by atoms with Gasteiger partial charge in [0, 0.05) is 18.0 Å². The fourth-order valence-corrected chi connectivity index (χ4v) is 2.57. The Morgan fingerprint density at radius 2 is 2.00 bits per heavy atom. The van der Waals surface area contributed by atoms with Crippen LogP contribution in [0.3, 0.4) is 0 Å². The average Bonchev–Trinajstić information content (AvgIpc) is 3.05. The summed E-state index contributed by atoms with van der Waals surface area (Å²) in [7, 11) is 0. The zero-order valence-corrected chi connectivity index (χ0v) is 13.2. The Bertz CT molecular complexity index is 856. The second-order valence-corrected chi connectivity index (χ2v) is 5.81. The van der Waals surface area contributed by atoms with Crippen LogP contribution in [0.1, 0.15) is 5.56 Å². The van der Waals surface area contributed by atoms with Crippen molar-refractivity contribution >= 4 is 11.8 Å². The van der Waals surface area contributed by atoms with Crippen LogP contribution < -0.4 is 5.56 Å². The maximum absolute atomic E-state index is 12.0. The summed E-state index contributed by atoms with van der Waals surface area (Å²) in [4.78, 5) is 12.0. The highest BCUT2D eigenvalue weighted by atomic mass is 32.2. The molecule has 0 aliphatic heterocycles. The van der Waals surface area contributed by atoms with Gasteiger partial charge in [0.25, 0.3) is 10.8 Å². The normalized spacial score (nSPS) is 10.6. The maximum atomic E-state index is 12.0. The molecule has 6 heteroatoms. The molecule has 0 amide bonds. The standard InChI is InChI=1S/C17H15N3O2S/c1-2-10-23-17-19-18-16(22-17)14-8-9-15(21)20(12-14)11-13-6-4-3-5-7-13/h2-9,12H,1,10-11H2. The van der Waals surface area contributed by atoms with Crippen molar-refractivity contribution < 1.29 is 4.42 Å². The fraction of sp³-hybridized carbons (Fsp3) is 0.118. The first-order valence-electron chi connectivity index (χ1n) is 7.08. The summed E-state index contributed by atoms with van der Waals surface area (Å²) in [6, 6.07) is 13.0. The van der Waals surface area contributed by atoms with Crippen molar-refractivity contribution in [3.05, 3.63) is 77.2 Å². The Balaban J connectivity index is 1.86. The van der Waals surface area contributed by atoms with Crippen molar-refractivity contribution in [1.82, 2.24) is 14.8 Å². The van der Waals surface area contributed by atoms with Crippen molar-refractivity contribution in [3.63, 3.8) is 0 Å². The third-order valence-electron chi connectivity index (χ3n) is 3.16. The predicted octanol–water partition coefficient (Wildman–Crippen LogP) is 3.22.